The van der Waals surface area contributed by atoms with Crippen LogP contribution in [0.15, 0.2) is 24.3 Å². The Balaban J connectivity index is 1.97. The Bertz CT molecular complexity index is 571. The molecule has 2 rings (SSSR count). The van der Waals surface area contributed by atoms with Crippen LogP contribution in [0.25, 0.3) is 0 Å². The lowest BCUT2D eigenvalue weighted by molar-refractivity contribution is 0.166. The first-order chi connectivity index (χ1) is 9.88. The molecule has 4 nitrogen and oxygen atoms in total. The van der Waals surface area contributed by atoms with Crippen LogP contribution in [0, 0.1) is 6.92 Å². The van der Waals surface area contributed by atoms with Crippen molar-refractivity contribution in [2.24, 2.45) is 0 Å². The van der Waals surface area contributed by atoms with Crippen LogP contribution in [0.4, 0.5) is 0 Å². The van der Waals surface area contributed by atoms with Crippen LogP contribution >= 0.6 is 0 Å². The Hall–Kier alpha value is -0.910. The van der Waals surface area contributed by atoms with Crippen LogP contribution < -0.4 is 5.32 Å². The number of rotatable bonds is 5. The minimum Gasteiger partial charge on any atom is -0.387 e. The highest BCUT2D eigenvalue weighted by molar-refractivity contribution is 7.91. The highest BCUT2D eigenvalue weighted by atomic mass is 32.2. The zero-order chi connectivity index (χ0) is 15.5. The van der Waals surface area contributed by atoms with Gasteiger partial charge in [0.1, 0.15) is 0 Å². The van der Waals surface area contributed by atoms with E-state index in [0.717, 1.165) is 36.8 Å². The maximum absolute atomic E-state index is 11.9. The van der Waals surface area contributed by atoms with E-state index in [9.17, 15) is 13.5 Å². The summed E-state index contributed by atoms with van der Waals surface area (Å²) in [5.41, 5.74) is 1.98. The second kappa shape index (κ2) is 6.90. The summed E-state index contributed by atoms with van der Waals surface area (Å²) in [7, 11) is -3.04. The summed E-state index contributed by atoms with van der Waals surface area (Å²) in [6.45, 7) is 2.38. The lowest BCUT2D eigenvalue weighted by Gasteiger charge is -2.31. The van der Waals surface area contributed by atoms with E-state index in [1.165, 1.54) is 6.26 Å². The fourth-order valence-electron chi connectivity index (χ4n) is 3.10. The van der Waals surface area contributed by atoms with Gasteiger partial charge < -0.3 is 10.4 Å². The molecule has 0 aliphatic heterocycles. The van der Waals surface area contributed by atoms with Gasteiger partial charge in [0.25, 0.3) is 0 Å². The minimum absolute atomic E-state index is 0.0480. The van der Waals surface area contributed by atoms with E-state index >= 15 is 0 Å². The number of aryl methyl sites for hydroxylation is 1. The number of sulfone groups is 1. The molecule has 0 bridgehead atoms. The van der Waals surface area contributed by atoms with E-state index in [-0.39, 0.29) is 11.3 Å². The maximum atomic E-state index is 11.9. The van der Waals surface area contributed by atoms with Gasteiger partial charge in [-0.1, -0.05) is 42.7 Å². The molecule has 0 saturated heterocycles. The maximum Gasteiger partial charge on any atom is 0.151 e. The molecule has 0 amide bonds. The standard InChI is InChI=1S/C16H25NO3S/c1-12-6-5-7-13(10-12)15(18)11-17-14-8-3-4-9-16(14)21(2,19)20/h5-7,10,14-18H,3-4,8-9,11H2,1-2H3. The second-order valence-corrected chi connectivity index (χ2v) is 8.36. The molecular weight excluding hydrogens is 286 g/mol. The first-order valence-corrected chi connectivity index (χ1v) is 9.50. The summed E-state index contributed by atoms with van der Waals surface area (Å²) >= 11 is 0. The third-order valence-corrected chi connectivity index (χ3v) is 5.92. The third-order valence-electron chi connectivity index (χ3n) is 4.25. The van der Waals surface area contributed by atoms with Crippen LogP contribution in [0.5, 0.6) is 0 Å². The zero-order valence-electron chi connectivity index (χ0n) is 12.7. The van der Waals surface area contributed by atoms with E-state index in [1.807, 2.05) is 31.2 Å². The SMILES string of the molecule is Cc1cccc(C(O)CNC2CCCCC2S(C)(=O)=O)c1. The molecule has 0 aromatic heterocycles. The summed E-state index contributed by atoms with van der Waals surface area (Å²) in [6, 6.07) is 7.72. The van der Waals surface area contributed by atoms with Crippen molar-refractivity contribution in [1.29, 1.82) is 0 Å². The molecule has 1 fully saturated rings. The molecule has 1 aliphatic carbocycles. The molecule has 0 radical (unpaired) electrons. The largest absolute Gasteiger partial charge is 0.387 e. The van der Waals surface area contributed by atoms with E-state index in [2.05, 4.69) is 5.32 Å². The van der Waals surface area contributed by atoms with Gasteiger partial charge in [0.15, 0.2) is 9.84 Å². The predicted molar refractivity (Wildman–Crippen MR) is 85.0 cm³/mol. The van der Waals surface area contributed by atoms with Gasteiger partial charge in [-0.15, -0.1) is 0 Å². The van der Waals surface area contributed by atoms with Gasteiger partial charge >= 0.3 is 0 Å². The predicted octanol–water partition coefficient (Wildman–Crippen LogP) is 1.97. The van der Waals surface area contributed by atoms with E-state index < -0.39 is 15.9 Å². The van der Waals surface area contributed by atoms with Crippen LogP contribution in [0.2, 0.25) is 0 Å². The van der Waals surface area contributed by atoms with Crippen LogP contribution in [-0.4, -0.2) is 37.6 Å². The molecule has 21 heavy (non-hydrogen) atoms. The quantitative estimate of drug-likeness (QED) is 0.872. The van der Waals surface area contributed by atoms with Crippen LogP contribution in [0.1, 0.15) is 42.9 Å². The van der Waals surface area contributed by atoms with Gasteiger partial charge in [-0.05, 0) is 25.3 Å². The fourth-order valence-corrected chi connectivity index (χ4v) is 4.52. The zero-order valence-corrected chi connectivity index (χ0v) is 13.6. The van der Waals surface area contributed by atoms with Gasteiger partial charge in [0, 0.05) is 18.8 Å². The number of aliphatic hydroxyl groups is 1. The summed E-state index contributed by atoms with van der Waals surface area (Å²) < 4.78 is 23.7. The first-order valence-electron chi connectivity index (χ1n) is 7.55. The lowest BCUT2D eigenvalue weighted by atomic mass is 9.94. The summed E-state index contributed by atoms with van der Waals surface area (Å²) in [6.07, 6.45) is 4.30. The van der Waals surface area contributed by atoms with Crippen molar-refractivity contribution < 1.29 is 13.5 Å². The number of hydrogen-bond donors (Lipinski definition) is 2. The van der Waals surface area contributed by atoms with Crippen molar-refractivity contribution in [2.75, 3.05) is 12.8 Å². The number of hydrogen-bond acceptors (Lipinski definition) is 4. The Labute approximate surface area is 127 Å². The summed E-state index contributed by atoms with van der Waals surface area (Å²) in [4.78, 5) is 0. The molecule has 0 spiro atoms. The highest BCUT2D eigenvalue weighted by Gasteiger charge is 2.32. The summed E-state index contributed by atoms with van der Waals surface area (Å²) in [5, 5.41) is 13.2. The van der Waals surface area contributed by atoms with Gasteiger partial charge in [0.05, 0.1) is 11.4 Å². The van der Waals surface area contributed by atoms with Crippen LogP contribution in [0.3, 0.4) is 0 Å². The minimum atomic E-state index is -3.04. The molecule has 3 unspecified atom stereocenters. The third kappa shape index (κ3) is 4.53. The Kier molecular flexibility index (Phi) is 5.41. The summed E-state index contributed by atoms with van der Waals surface area (Å²) in [5.74, 6) is 0. The smallest absolute Gasteiger partial charge is 0.151 e. The van der Waals surface area contributed by atoms with Crippen molar-refractivity contribution in [3.8, 4) is 0 Å². The van der Waals surface area contributed by atoms with Gasteiger partial charge in [-0.2, -0.15) is 0 Å². The lowest BCUT2D eigenvalue weighted by Crippen LogP contribution is -2.47. The Morgan fingerprint density at radius 2 is 2.05 bits per heavy atom. The molecule has 118 valence electrons. The van der Waals surface area contributed by atoms with Gasteiger partial charge in [-0.3, -0.25) is 0 Å². The van der Waals surface area contributed by atoms with Gasteiger partial charge in [0.2, 0.25) is 0 Å². The Morgan fingerprint density at radius 3 is 2.71 bits per heavy atom. The van der Waals surface area contributed by atoms with Crippen molar-refractivity contribution in [2.45, 2.75) is 50.0 Å². The first kappa shape index (κ1) is 16.5. The molecular formula is C16H25NO3S. The monoisotopic (exact) mass is 311 g/mol. The van der Waals surface area contributed by atoms with E-state index in [4.69, 9.17) is 0 Å². The molecule has 5 heteroatoms. The molecule has 2 N–H and O–H groups in total. The average molecular weight is 311 g/mol. The molecule has 1 aromatic rings. The number of aliphatic hydroxyl groups excluding tert-OH is 1. The average Bonchev–Trinajstić information content (AvgIpc) is 2.44. The van der Waals surface area contributed by atoms with E-state index in [0.29, 0.717) is 6.54 Å². The Morgan fingerprint density at radius 1 is 1.33 bits per heavy atom. The van der Waals surface area contributed by atoms with Crippen molar-refractivity contribution >= 4 is 9.84 Å². The topological polar surface area (TPSA) is 66.4 Å². The van der Waals surface area contributed by atoms with Crippen molar-refractivity contribution in [3.63, 3.8) is 0 Å². The second-order valence-electron chi connectivity index (χ2n) is 6.10. The number of benzene rings is 1. The van der Waals surface area contributed by atoms with Crippen molar-refractivity contribution in [1.82, 2.24) is 5.32 Å². The molecule has 1 aliphatic rings. The molecule has 1 saturated carbocycles. The normalized spacial score (nSPS) is 24.7. The van der Waals surface area contributed by atoms with Crippen LogP contribution in [-0.2, 0) is 9.84 Å². The molecule has 0 heterocycles. The van der Waals surface area contributed by atoms with E-state index in [1.54, 1.807) is 0 Å². The highest BCUT2D eigenvalue weighted by Crippen LogP contribution is 2.24. The molecule has 1 aromatic carbocycles. The fraction of sp³-hybridized carbons (Fsp3) is 0.625. The number of nitrogens with one attached hydrogen (secondary N) is 1. The van der Waals surface area contributed by atoms with Crippen molar-refractivity contribution in [3.05, 3.63) is 35.4 Å². The molecule has 3 atom stereocenters. The van der Waals surface area contributed by atoms with Gasteiger partial charge in [-0.25, -0.2) is 8.42 Å².